The lowest BCUT2D eigenvalue weighted by Gasteiger charge is -2.30. The maximum Gasteiger partial charge on any atom is 0.315 e. The molecule has 0 saturated heterocycles. The minimum atomic E-state index is -0.549. The van der Waals surface area contributed by atoms with E-state index in [0.717, 1.165) is 38.8 Å². The molecule has 24 heavy (non-hydrogen) atoms. The lowest BCUT2D eigenvalue weighted by atomic mass is 10.00. The molecule has 130 valence electrons. The van der Waals surface area contributed by atoms with Gasteiger partial charge in [-0.25, -0.2) is 4.79 Å². The van der Waals surface area contributed by atoms with Crippen molar-refractivity contribution < 1.29 is 9.90 Å². The van der Waals surface area contributed by atoms with Gasteiger partial charge < -0.3 is 15.7 Å². The van der Waals surface area contributed by atoms with E-state index in [1.54, 1.807) is 0 Å². The van der Waals surface area contributed by atoms with Gasteiger partial charge in [-0.1, -0.05) is 36.4 Å². The fraction of sp³-hybridized carbons (Fsp3) is 0.526. The van der Waals surface area contributed by atoms with Crippen molar-refractivity contribution in [1.82, 2.24) is 15.5 Å². The second kappa shape index (κ2) is 8.31. The molecular weight excluding hydrogens is 302 g/mol. The van der Waals surface area contributed by atoms with Crippen molar-refractivity contribution in [3.8, 4) is 0 Å². The first-order chi connectivity index (χ1) is 11.7. The molecule has 1 aromatic carbocycles. The van der Waals surface area contributed by atoms with Crippen LogP contribution in [0.5, 0.6) is 0 Å². The first kappa shape index (κ1) is 17.0. The number of carbonyl (C=O) groups is 1. The average molecular weight is 329 g/mol. The summed E-state index contributed by atoms with van der Waals surface area (Å²) < 4.78 is 0. The molecule has 2 atom stereocenters. The van der Waals surface area contributed by atoms with Crippen LogP contribution in [0, 0.1) is 0 Å². The minimum absolute atomic E-state index is 0.182. The third kappa shape index (κ3) is 4.82. The van der Waals surface area contributed by atoms with Gasteiger partial charge in [-0.2, -0.15) is 0 Å². The van der Waals surface area contributed by atoms with Crippen LogP contribution in [-0.4, -0.2) is 47.8 Å². The van der Waals surface area contributed by atoms with Crippen molar-refractivity contribution in [2.75, 3.05) is 19.6 Å². The predicted octanol–water partition coefficient (Wildman–Crippen LogP) is 1.81. The molecule has 2 amide bonds. The first-order valence-electron chi connectivity index (χ1n) is 8.87. The van der Waals surface area contributed by atoms with E-state index in [1.165, 1.54) is 11.1 Å². The Morgan fingerprint density at radius 3 is 2.92 bits per heavy atom. The maximum absolute atomic E-state index is 11.9. The van der Waals surface area contributed by atoms with E-state index < -0.39 is 6.10 Å². The molecular formula is C19H27N3O2. The number of aliphatic hydroxyl groups is 1. The minimum Gasteiger partial charge on any atom is -0.390 e. The second-order valence-electron chi connectivity index (χ2n) is 6.74. The van der Waals surface area contributed by atoms with Crippen molar-refractivity contribution in [2.45, 2.75) is 44.4 Å². The molecule has 0 radical (unpaired) electrons. The molecule has 0 bridgehead atoms. The van der Waals surface area contributed by atoms with Gasteiger partial charge in [-0.3, -0.25) is 4.90 Å². The van der Waals surface area contributed by atoms with Gasteiger partial charge in [0.1, 0.15) is 0 Å². The highest BCUT2D eigenvalue weighted by molar-refractivity contribution is 5.74. The lowest BCUT2D eigenvalue weighted by molar-refractivity contribution is 0.105. The number of fused-ring (bicyclic) bond motifs is 1. The third-order valence-corrected chi connectivity index (χ3v) is 4.78. The number of hydrogen-bond acceptors (Lipinski definition) is 3. The molecule has 2 aliphatic rings. The van der Waals surface area contributed by atoms with E-state index in [2.05, 4.69) is 52.0 Å². The first-order valence-corrected chi connectivity index (χ1v) is 8.87. The fourth-order valence-corrected chi connectivity index (χ4v) is 3.44. The molecule has 1 aromatic rings. The number of nitrogens with zero attached hydrogens (tertiary/aromatic N) is 1. The molecule has 0 saturated carbocycles. The van der Waals surface area contributed by atoms with Gasteiger partial charge in [0, 0.05) is 32.2 Å². The summed E-state index contributed by atoms with van der Waals surface area (Å²) in [5.74, 6) is 0. The number of nitrogens with one attached hydrogen (secondary N) is 2. The number of urea groups is 1. The Bertz CT molecular complexity index is 588. The largest absolute Gasteiger partial charge is 0.390 e. The lowest BCUT2D eigenvalue weighted by Crippen LogP contribution is -2.47. The van der Waals surface area contributed by atoms with Gasteiger partial charge in [-0.15, -0.1) is 0 Å². The summed E-state index contributed by atoms with van der Waals surface area (Å²) in [4.78, 5) is 14.1. The normalized spacial score (nSPS) is 21.8. The Morgan fingerprint density at radius 2 is 2.12 bits per heavy atom. The molecule has 1 aliphatic heterocycles. The van der Waals surface area contributed by atoms with Crippen LogP contribution in [0.25, 0.3) is 0 Å². The molecule has 1 aliphatic carbocycles. The Labute approximate surface area is 143 Å². The standard InChI is InChI=1S/C19H27N3O2/c23-18(12-20-19(24)21-17-8-2-1-3-9-17)14-22-11-10-15-6-4-5-7-16(15)13-22/h1-2,4-7,17-18,23H,3,8-14H2,(H2,20,21,24). The van der Waals surface area contributed by atoms with Gasteiger partial charge in [0.2, 0.25) is 0 Å². The Morgan fingerprint density at radius 1 is 1.29 bits per heavy atom. The number of allylic oxidation sites excluding steroid dienone is 1. The maximum atomic E-state index is 11.9. The summed E-state index contributed by atoms with van der Waals surface area (Å²) in [6.45, 7) is 2.69. The Kier molecular flexibility index (Phi) is 5.88. The number of rotatable bonds is 5. The summed E-state index contributed by atoms with van der Waals surface area (Å²) in [6, 6.07) is 8.50. The van der Waals surface area contributed by atoms with Crippen LogP contribution in [0.15, 0.2) is 36.4 Å². The van der Waals surface area contributed by atoms with Crippen LogP contribution in [0.1, 0.15) is 30.4 Å². The van der Waals surface area contributed by atoms with Gasteiger partial charge in [0.25, 0.3) is 0 Å². The molecule has 0 fully saturated rings. The van der Waals surface area contributed by atoms with E-state index >= 15 is 0 Å². The summed E-state index contributed by atoms with van der Waals surface area (Å²) in [5.41, 5.74) is 2.74. The SMILES string of the molecule is O=C(NCC(O)CN1CCc2ccccc2C1)NC1CC=CCC1. The Hall–Kier alpha value is -1.85. The quantitative estimate of drug-likeness (QED) is 0.722. The zero-order valence-electron chi connectivity index (χ0n) is 14.1. The van der Waals surface area contributed by atoms with E-state index in [1.807, 2.05) is 0 Å². The zero-order valence-corrected chi connectivity index (χ0v) is 14.1. The van der Waals surface area contributed by atoms with Crippen molar-refractivity contribution >= 4 is 6.03 Å². The highest BCUT2D eigenvalue weighted by Crippen LogP contribution is 2.18. The highest BCUT2D eigenvalue weighted by Gasteiger charge is 2.19. The number of benzene rings is 1. The van der Waals surface area contributed by atoms with Gasteiger partial charge >= 0.3 is 6.03 Å². The van der Waals surface area contributed by atoms with Crippen LogP contribution < -0.4 is 10.6 Å². The smallest absolute Gasteiger partial charge is 0.315 e. The zero-order chi connectivity index (χ0) is 16.8. The number of hydrogen-bond donors (Lipinski definition) is 3. The molecule has 1 heterocycles. The predicted molar refractivity (Wildman–Crippen MR) is 94.7 cm³/mol. The molecule has 3 N–H and O–H groups in total. The summed E-state index contributed by atoms with van der Waals surface area (Å²) in [6.07, 6.45) is 7.62. The van der Waals surface area contributed by atoms with Crippen molar-refractivity contribution in [3.05, 3.63) is 47.5 Å². The van der Waals surface area contributed by atoms with Crippen LogP contribution in [0.3, 0.4) is 0 Å². The number of aliphatic hydroxyl groups excluding tert-OH is 1. The summed E-state index contributed by atoms with van der Waals surface area (Å²) in [5, 5.41) is 16.0. The van der Waals surface area contributed by atoms with Crippen LogP contribution in [-0.2, 0) is 13.0 Å². The van der Waals surface area contributed by atoms with Crippen molar-refractivity contribution in [2.24, 2.45) is 0 Å². The topological polar surface area (TPSA) is 64.6 Å². The molecule has 0 spiro atoms. The van der Waals surface area contributed by atoms with E-state index in [0.29, 0.717) is 6.54 Å². The third-order valence-electron chi connectivity index (χ3n) is 4.78. The highest BCUT2D eigenvalue weighted by atomic mass is 16.3. The van der Waals surface area contributed by atoms with E-state index in [9.17, 15) is 9.90 Å². The van der Waals surface area contributed by atoms with Crippen LogP contribution >= 0.6 is 0 Å². The molecule has 0 aromatic heterocycles. The van der Waals surface area contributed by atoms with Gasteiger partial charge in [0.05, 0.1) is 6.10 Å². The monoisotopic (exact) mass is 329 g/mol. The molecule has 5 heteroatoms. The van der Waals surface area contributed by atoms with E-state index in [4.69, 9.17) is 0 Å². The average Bonchev–Trinajstić information content (AvgIpc) is 2.61. The van der Waals surface area contributed by atoms with Gasteiger partial charge in [-0.05, 0) is 36.8 Å². The van der Waals surface area contributed by atoms with Gasteiger partial charge in [0.15, 0.2) is 0 Å². The van der Waals surface area contributed by atoms with Crippen molar-refractivity contribution in [3.63, 3.8) is 0 Å². The Balaban J connectivity index is 1.37. The molecule has 5 nitrogen and oxygen atoms in total. The van der Waals surface area contributed by atoms with Crippen LogP contribution in [0.2, 0.25) is 0 Å². The molecule has 2 unspecified atom stereocenters. The molecule has 3 rings (SSSR count). The van der Waals surface area contributed by atoms with Crippen molar-refractivity contribution in [1.29, 1.82) is 0 Å². The number of β-amino-alcohol motifs (C(OH)–C–C–N with tert-alkyl or cyclic N) is 1. The van der Waals surface area contributed by atoms with Crippen LogP contribution in [0.4, 0.5) is 4.79 Å². The summed E-state index contributed by atoms with van der Waals surface area (Å²) in [7, 11) is 0. The second-order valence-corrected chi connectivity index (χ2v) is 6.74. The number of carbonyl (C=O) groups excluding carboxylic acids is 1. The summed E-state index contributed by atoms with van der Waals surface area (Å²) >= 11 is 0. The fourth-order valence-electron chi connectivity index (χ4n) is 3.44. The number of amides is 2. The van der Waals surface area contributed by atoms with E-state index in [-0.39, 0.29) is 18.6 Å².